The van der Waals surface area contributed by atoms with Crippen LogP contribution < -0.4 is 22.1 Å². The summed E-state index contributed by atoms with van der Waals surface area (Å²) in [5.41, 5.74) is 18.0. The molecule has 4 rings (SSSR count). The van der Waals surface area contributed by atoms with Crippen molar-refractivity contribution in [1.82, 2.24) is 5.32 Å². The third-order valence-electron chi connectivity index (χ3n) is 5.06. The fraction of sp³-hybridized carbons (Fsp3) is 0.130. The van der Waals surface area contributed by atoms with Gasteiger partial charge in [0, 0.05) is 24.2 Å². The third kappa shape index (κ3) is 3.84. The van der Waals surface area contributed by atoms with E-state index in [1.165, 1.54) is 11.1 Å². The molecule has 0 spiro atoms. The van der Waals surface area contributed by atoms with Crippen LogP contribution in [-0.4, -0.2) is 5.66 Å². The normalized spacial score (nSPS) is 18.0. The first-order valence-electron chi connectivity index (χ1n) is 9.14. The first kappa shape index (κ1) is 19.8. The average molecular weight is 393 g/mol. The van der Waals surface area contributed by atoms with E-state index in [4.69, 9.17) is 11.5 Å². The van der Waals surface area contributed by atoms with Crippen molar-refractivity contribution in [2.75, 3.05) is 5.32 Å². The van der Waals surface area contributed by atoms with Gasteiger partial charge in [0.2, 0.25) is 0 Å². The highest BCUT2D eigenvalue weighted by molar-refractivity contribution is 5.85. The summed E-state index contributed by atoms with van der Waals surface area (Å²) in [5.74, 6) is 0. The Morgan fingerprint density at radius 3 is 2.00 bits per heavy atom. The van der Waals surface area contributed by atoms with E-state index in [-0.39, 0.29) is 12.4 Å². The van der Waals surface area contributed by atoms with Crippen LogP contribution in [0.15, 0.2) is 90.6 Å². The van der Waals surface area contributed by atoms with Crippen LogP contribution in [0.1, 0.15) is 16.7 Å². The molecule has 0 aliphatic carbocycles. The second-order valence-corrected chi connectivity index (χ2v) is 6.90. The van der Waals surface area contributed by atoms with Crippen LogP contribution in [0.5, 0.6) is 0 Å². The summed E-state index contributed by atoms with van der Waals surface area (Å²) < 4.78 is 0. The van der Waals surface area contributed by atoms with E-state index >= 15 is 0 Å². The van der Waals surface area contributed by atoms with Crippen LogP contribution in [0.3, 0.4) is 0 Å². The Morgan fingerprint density at radius 2 is 1.32 bits per heavy atom. The molecule has 0 fully saturated rings. The molecule has 0 radical (unpaired) electrons. The Morgan fingerprint density at radius 1 is 0.750 bits per heavy atom. The van der Waals surface area contributed by atoms with Crippen molar-refractivity contribution in [2.24, 2.45) is 11.5 Å². The molecule has 4 nitrogen and oxygen atoms in total. The molecular weight excluding hydrogens is 368 g/mol. The quantitative estimate of drug-likeness (QED) is 0.532. The Balaban J connectivity index is 0.00000225. The first-order valence-corrected chi connectivity index (χ1v) is 9.14. The lowest BCUT2D eigenvalue weighted by Crippen LogP contribution is -2.59. The number of rotatable bonds is 5. The molecule has 0 amide bonds. The first-order chi connectivity index (χ1) is 13.2. The predicted octanol–water partition coefficient (Wildman–Crippen LogP) is 3.85. The van der Waals surface area contributed by atoms with Crippen LogP contribution in [-0.2, 0) is 13.0 Å². The van der Waals surface area contributed by atoms with Crippen molar-refractivity contribution in [3.05, 3.63) is 107 Å². The van der Waals surface area contributed by atoms with E-state index in [0.29, 0.717) is 24.4 Å². The van der Waals surface area contributed by atoms with E-state index < -0.39 is 5.66 Å². The van der Waals surface area contributed by atoms with Gasteiger partial charge in [-0.2, -0.15) is 0 Å². The predicted molar refractivity (Wildman–Crippen MR) is 119 cm³/mol. The molecule has 0 saturated heterocycles. The number of nitrogens with one attached hydrogen (secondary N) is 2. The summed E-state index contributed by atoms with van der Waals surface area (Å²) in [4.78, 5) is 0. The van der Waals surface area contributed by atoms with Crippen LogP contribution >= 0.6 is 12.4 Å². The number of para-hydroxylation sites is 1. The van der Waals surface area contributed by atoms with Crippen molar-refractivity contribution < 1.29 is 0 Å². The van der Waals surface area contributed by atoms with Gasteiger partial charge in [-0.1, -0.05) is 78.9 Å². The van der Waals surface area contributed by atoms with Crippen molar-refractivity contribution in [3.8, 4) is 0 Å². The molecule has 144 valence electrons. The number of anilines is 1. The van der Waals surface area contributed by atoms with Gasteiger partial charge < -0.3 is 16.8 Å². The molecule has 3 aromatic carbocycles. The second-order valence-electron chi connectivity index (χ2n) is 6.90. The van der Waals surface area contributed by atoms with Gasteiger partial charge in [-0.15, -0.1) is 12.4 Å². The van der Waals surface area contributed by atoms with Gasteiger partial charge in [-0.25, -0.2) is 0 Å². The molecule has 0 saturated carbocycles. The zero-order valence-corrected chi connectivity index (χ0v) is 16.4. The molecular formula is C23H25ClN4. The number of fused-ring (bicyclic) bond motifs is 1. The van der Waals surface area contributed by atoms with E-state index in [1.54, 1.807) is 0 Å². The highest BCUT2D eigenvalue weighted by Gasteiger charge is 2.38. The SMILES string of the molecule is Cl.NC1=C(N)C(Cc2ccccc2)(NCc2ccccc2)Nc2ccccc21. The van der Waals surface area contributed by atoms with E-state index in [2.05, 4.69) is 34.9 Å². The van der Waals surface area contributed by atoms with Gasteiger partial charge in [-0.05, 0) is 17.2 Å². The molecule has 5 heteroatoms. The lowest BCUT2D eigenvalue weighted by molar-refractivity contribution is 0.415. The molecule has 1 aliphatic rings. The second kappa shape index (κ2) is 8.38. The molecule has 1 unspecified atom stereocenters. The number of hydrogen-bond acceptors (Lipinski definition) is 4. The third-order valence-corrected chi connectivity index (χ3v) is 5.06. The van der Waals surface area contributed by atoms with Crippen LogP contribution in [0.2, 0.25) is 0 Å². The van der Waals surface area contributed by atoms with Crippen molar-refractivity contribution >= 4 is 23.8 Å². The largest absolute Gasteiger partial charge is 0.397 e. The minimum atomic E-state index is -0.657. The zero-order valence-electron chi connectivity index (χ0n) is 15.6. The summed E-state index contributed by atoms with van der Waals surface area (Å²) >= 11 is 0. The fourth-order valence-corrected chi connectivity index (χ4v) is 3.59. The van der Waals surface area contributed by atoms with Crippen LogP contribution in [0.4, 0.5) is 5.69 Å². The fourth-order valence-electron chi connectivity index (χ4n) is 3.59. The molecule has 0 bridgehead atoms. The van der Waals surface area contributed by atoms with Gasteiger partial charge in [0.1, 0.15) is 5.66 Å². The van der Waals surface area contributed by atoms with Gasteiger partial charge >= 0.3 is 0 Å². The highest BCUT2D eigenvalue weighted by Crippen LogP contribution is 2.35. The minimum Gasteiger partial charge on any atom is -0.397 e. The Hall–Kier alpha value is -2.95. The summed E-state index contributed by atoms with van der Waals surface area (Å²) in [7, 11) is 0. The van der Waals surface area contributed by atoms with Crippen molar-refractivity contribution in [1.29, 1.82) is 0 Å². The molecule has 0 aromatic heterocycles. The topological polar surface area (TPSA) is 76.1 Å². The molecule has 1 aliphatic heterocycles. The Kier molecular flexibility index (Phi) is 5.93. The smallest absolute Gasteiger partial charge is 0.136 e. The summed E-state index contributed by atoms with van der Waals surface area (Å²) in [6, 6.07) is 28.6. The summed E-state index contributed by atoms with van der Waals surface area (Å²) in [5, 5.41) is 7.28. The average Bonchev–Trinajstić information content (AvgIpc) is 2.72. The Labute approximate surface area is 172 Å². The number of hydrogen-bond donors (Lipinski definition) is 4. The van der Waals surface area contributed by atoms with Gasteiger partial charge in [0.25, 0.3) is 0 Å². The van der Waals surface area contributed by atoms with E-state index in [1.807, 2.05) is 60.7 Å². The molecule has 28 heavy (non-hydrogen) atoms. The van der Waals surface area contributed by atoms with E-state index in [9.17, 15) is 0 Å². The monoisotopic (exact) mass is 392 g/mol. The zero-order chi connectivity index (χ0) is 18.7. The number of nitrogens with two attached hydrogens (primary N) is 2. The van der Waals surface area contributed by atoms with Crippen molar-refractivity contribution in [2.45, 2.75) is 18.6 Å². The van der Waals surface area contributed by atoms with Crippen molar-refractivity contribution in [3.63, 3.8) is 0 Å². The van der Waals surface area contributed by atoms with Gasteiger partial charge in [0.05, 0.1) is 11.4 Å². The maximum Gasteiger partial charge on any atom is 0.136 e. The molecule has 6 N–H and O–H groups in total. The molecule has 3 aromatic rings. The maximum absolute atomic E-state index is 6.61. The minimum absolute atomic E-state index is 0. The van der Waals surface area contributed by atoms with E-state index in [0.717, 1.165) is 11.3 Å². The molecule has 1 atom stereocenters. The summed E-state index contributed by atoms with van der Waals surface area (Å²) in [6.45, 7) is 0.677. The van der Waals surface area contributed by atoms with Gasteiger partial charge in [0.15, 0.2) is 0 Å². The number of halogens is 1. The van der Waals surface area contributed by atoms with Crippen LogP contribution in [0.25, 0.3) is 5.70 Å². The molecule has 1 heterocycles. The van der Waals surface area contributed by atoms with Crippen LogP contribution in [0, 0.1) is 0 Å². The Bertz CT molecular complexity index is 957. The lowest BCUT2D eigenvalue weighted by Gasteiger charge is -2.42. The number of benzene rings is 3. The van der Waals surface area contributed by atoms with Gasteiger partial charge in [-0.3, -0.25) is 5.32 Å². The lowest BCUT2D eigenvalue weighted by atomic mass is 9.89. The maximum atomic E-state index is 6.61. The highest BCUT2D eigenvalue weighted by atomic mass is 35.5. The summed E-state index contributed by atoms with van der Waals surface area (Å²) in [6.07, 6.45) is 0.682. The standard InChI is InChI=1S/C23H24N4.ClH/c24-21-19-13-7-8-14-20(19)27-23(22(21)25,15-17-9-3-1-4-10-17)26-16-18-11-5-2-6-12-18;/h1-14,26-27H,15-16,24-25H2;1H.